The quantitative estimate of drug-likeness (QED) is 0.729. The van der Waals surface area contributed by atoms with E-state index in [0.29, 0.717) is 5.92 Å². The van der Waals surface area contributed by atoms with Crippen molar-refractivity contribution in [2.45, 2.75) is 32.7 Å². The van der Waals surface area contributed by atoms with Crippen LogP contribution in [0.25, 0.3) is 10.8 Å². The van der Waals surface area contributed by atoms with Crippen LogP contribution >= 0.6 is 11.3 Å². The summed E-state index contributed by atoms with van der Waals surface area (Å²) in [7, 11) is 0. The third kappa shape index (κ3) is 4.06. The van der Waals surface area contributed by atoms with Crippen LogP contribution in [0.15, 0.2) is 51.0 Å². The fourth-order valence-corrected chi connectivity index (χ4v) is 3.13. The van der Waals surface area contributed by atoms with Gasteiger partial charge in [-0.05, 0) is 29.0 Å². The van der Waals surface area contributed by atoms with Gasteiger partial charge in [-0.3, -0.25) is 4.79 Å². The Bertz CT molecular complexity index is 910. The Balaban J connectivity index is 1.65. The van der Waals surface area contributed by atoms with Crippen molar-refractivity contribution in [3.63, 3.8) is 0 Å². The number of aromatic nitrogens is 2. The minimum Gasteiger partial charge on any atom is -0.387 e. The number of aryl methyl sites for hydroxylation is 1. The molecule has 2 aromatic heterocycles. The third-order valence-electron chi connectivity index (χ3n) is 3.75. The Labute approximate surface area is 149 Å². The fourth-order valence-electron chi connectivity index (χ4n) is 2.48. The van der Waals surface area contributed by atoms with Crippen molar-refractivity contribution in [1.29, 1.82) is 0 Å². The number of carbonyl (C=O) groups is 1. The largest absolute Gasteiger partial charge is 0.437 e. The van der Waals surface area contributed by atoms with Gasteiger partial charge in [0, 0.05) is 12.1 Å². The summed E-state index contributed by atoms with van der Waals surface area (Å²) in [5, 5.41) is 8.93. The summed E-state index contributed by atoms with van der Waals surface area (Å²) >= 11 is 1.44. The first-order valence-electron chi connectivity index (χ1n) is 8.05. The highest BCUT2D eigenvalue weighted by molar-refractivity contribution is 7.13. The summed E-state index contributed by atoms with van der Waals surface area (Å²) in [6.45, 7) is 4.32. The number of carbonyl (C=O) groups excluding carboxylic acids is 1. The van der Waals surface area contributed by atoms with Crippen LogP contribution in [0, 0.1) is 0 Å². The standard InChI is InChI=1S/C18H19N3O3S/c1-12(2)13-6-3-4-7-14(13)19-16(22)9-10-21-18(23)24-17(20-21)15-8-5-11-25-15/h3-8,11-12H,9-10H2,1-2H3,(H,19,22). The maximum atomic E-state index is 12.2. The van der Waals surface area contributed by atoms with Crippen LogP contribution in [-0.2, 0) is 11.3 Å². The maximum absolute atomic E-state index is 12.2. The van der Waals surface area contributed by atoms with Crippen LogP contribution < -0.4 is 11.1 Å². The zero-order valence-electron chi connectivity index (χ0n) is 14.1. The number of amides is 1. The molecular weight excluding hydrogens is 338 g/mol. The molecule has 7 heteroatoms. The summed E-state index contributed by atoms with van der Waals surface area (Å²) in [5.74, 6) is -0.131. The number of nitrogens with one attached hydrogen (secondary N) is 1. The molecule has 3 rings (SSSR count). The van der Waals surface area contributed by atoms with Gasteiger partial charge in [0.2, 0.25) is 5.91 Å². The van der Waals surface area contributed by atoms with E-state index in [1.165, 1.54) is 16.0 Å². The average molecular weight is 357 g/mol. The minimum absolute atomic E-state index is 0.142. The van der Waals surface area contributed by atoms with E-state index in [9.17, 15) is 9.59 Å². The Morgan fingerprint density at radius 1 is 1.28 bits per heavy atom. The van der Waals surface area contributed by atoms with Crippen molar-refractivity contribution >= 4 is 22.9 Å². The van der Waals surface area contributed by atoms with E-state index < -0.39 is 5.76 Å². The molecule has 25 heavy (non-hydrogen) atoms. The molecule has 6 nitrogen and oxygen atoms in total. The van der Waals surface area contributed by atoms with E-state index in [-0.39, 0.29) is 24.8 Å². The molecular formula is C18H19N3O3S. The van der Waals surface area contributed by atoms with Gasteiger partial charge in [0.15, 0.2) is 0 Å². The Hall–Kier alpha value is -2.67. The van der Waals surface area contributed by atoms with Crippen LogP contribution in [0.4, 0.5) is 5.69 Å². The van der Waals surface area contributed by atoms with Crippen molar-refractivity contribution in [2.24, 2.45) is 0 Å². The van der Waals surface area contributed by atoms with Gasteiger partial charge in [0.05, 0.1) is 11.4 Å². The van der Waals surface area contributed by atoms with Crippen LogP contribution in [0.1, 0.15) is 31.7 Å². The zero-order chi connectivity index (χ0) is 17.8. The van der Waals surface area contributed by atoms with Gasteiger partial charge in [-0.2, -0.15) is 4.68 Å². The first-order valence-corrected chi connectivity index (χ1v) is 8.93. The normalized spacial score (nSPS) is 11.0. The number of hydrogen-bond acceptors (Lipinski definition) is 5. The highest BCUT2D eigenvalue weighted by Crippen LogP contribution is 2.24. The SMILES string of the molecule is CC(C)c1ccccc1NC(=O)CCn1nc(-c2cccs2)oc1=O. The van der Waals surface area contributed by atoms with Crippen LogP contribution in [-0.4, -0.2) is 15.7 Å². The van der Waals surface area contributed by atoms with E-state index >= 15 is 0 Å². The summed E-state index contributed by atoms with van der Waals surface area (Å²) < 4.78 is 6.32. The lowest BCUT2D eigenvalue weighted by Crippen LogP contribution is -2.21. The molecule has 0 saturated carbocycles. The van der Waals surface area contributed by atoms with Crippen LogP contribution in [0.3, 0.4) is 0 Å². The minimum atomic E-state index is -0.557. The molecule has 130 valence electrons. The van der Waals surface area contributed by atoms with Crippen LogP contribution in [0.2, 0.25) is 0 Å². The number of nitrogens with zero attached hydrogens (tertiary/aromatic N) is 2. The summed E-state index contributed by atoms with van der Waals surface area (Å²) in [6, 6.07) is 11.4. The molecule has 0 aliphatic rings. The number of para-hydroxylation sites is 1. The third-order valence-corrected chi connectivity index (χ3v) is 4.60. The number of benzene rings is 1. The monoisotopic (exact) mass is 357 g/mol. The van der Waals surface area contributed by atoms with Crippen molar-refractivity contribution < 1.29 is 9.21 Å². The molecule has 1 aromatic carbocycles. The van der Waals surface area contributed by atoms with Crippen LogP contribution in [0.5, 0.6) is 0 Å². The molecule has 1 amide bonds. The first-order chi connectivity index (χ1) is 12.0. The lowest BCUT2D eigenvalue weighted by atomic mass is 10.0. The lowest BCUT2D eigenvalue weighted by molar-refractivity contribution is -0.116. The first kappa shape index (κ1) is 17.2. The summed E-state index contributed by atoms with van der Waals surface area (Å²) in [5.41, 5.74) is 1.88. The Kier molecular flexibility index (Phi) is 5.14. The topological polar surface area (TPSA) is 77.1 Å². The van der Waals surface area contributed by atoms with Gasteiger partial charge < -0.3 is 9.73 Å². The van der Waals surface area contributed by atoms with E-state index in [1.54, 1.807) is 0 Å². The fraction of sp³-hybridized carbons (Fsp3) is 0.278. The van der Waals surface area contributed by atoms with Crippen molar-refractivity contribution in [3.05, 3.63) is 57.9 Å². The molecule has 0 spiro atoms. The predicted molar refractivity (Wildman–Crippen MR) is 97.9 cm³/mol. The zero-order valence-corrected chi connectivity index (χ0v) is 14.9. The summed E-state index contributed by atoms with van der Waals surface area (Å²) in [6.07, 6.45) is 0.142. The van der Waals surface area contributed by atoms with Gasteiger partial charge in [-0.1, -0.05) is 38.1 Å². The van der Waals surface area contributed by atoms with Crippen molar-refractivity contribution in [1.82, 2.24) is 9.78 Å². The number of rotatable bonds is 6. The molecule has 0 atom stereocenters. The summed E-state index contributed by atoms with van der Waals surface area (Å²) in [4.78, 5) is 24.9. The second-order valence-electron chi connectivity index (χ2n) is 5.91. The molecule has 0 saturated heterocycles. The van der Waals surface area contributed by atoms with Gasteiger partial charge in [-0.15, -0.1) is 16.4 Å². The molecule has 0 aliphatic carbocycles. The maximum Gasteiger partial charge on any atom is 0.437 e. The van der Waals surface area contributed by atoms with E-state index in [4.69, 9.17) is 4.42 Å². The van der Waals surface area contributed by atoms with Crippen molar-refractivity contribution in [2.75, 3.05) is 5.32 Å². The highest BCUT2D eigenvalue weighted by atomic mass is 32.1. The number of thiophene rings is 1. The highest BCUT2D eigenvalue weighted by Gasteiger charge is 2.13. The molecule has 0 aliphatic heterocycles. The molecule has 0 radical (unpaired) electrons. The second-order valence-corrected chi connectivity index (χ2v) is 6.86. The molecule has 2 heterocycles. The molecule has 1 N–H and O–H groups in total. The van der Waals surface area contributed by atoms with E-state index in [1.807, 2.05) is 41.8 Å². The Morgan fingerprint density at radius 3 is 2.80 bits per heavy atom. The van der Waals surface area contributed by atoms with Gasteiger partial charge in [0.25, 0.3) is 5.89 Å². The lowest BCUT2D eigenvalue weighted by Gasteiger charge is -2.13. The van der Waals surface area contributed by atoms with Gasteiger partial charge in [0.1, 0.15) is 0 Å². The molecule has 3 aromatic rings. The number of hydrogen-bond donors (Lipinski definition) is 1. The van der Waals surface area contributed by atoms with Crippen molar-refractivity contribution in [3.8, 4) is 10.8 Å². The molecule has 0 bridgehead atoms. The van der Waals surface area contributed by atoms with E-state index in [0.717, 1.165) is 16.1 Å². The Morgan fingerprint density at radius 2 is 2.08 bits per heavy atom. The smallest absolute Gasteiger partial charge is 0.387 e. The van der Waals surface area contributed by atoms with Gasteiger partial charge >= 0.3 is 5.76 Å². The van der Waals surface area contributed by atoms with E-state index in [2.05, 4.69) is 24.3 Å². The molecule has 0 fully saturated rings. The molecule has 0 unspecified atom stereocenters. The average Bonchev–Trinajstić information content (AvgIpc) is 3.23. The number of anilines is 1. The second kappa shape index (κ2) is 7.48. The van der Waals surface area contributed by atoms with Gasteiger partial charge in [-0.25, -0.2) is 4.79 Å². The predicted octanol–water partition coefficient (Wildman–Crippen LogP) is 3.72.